The van der Waals surface area contributed by atoms with Crippen LogP contribution in [0.3, 0.4) is 0 Å². The summed E-state index contributed by atoms with van der Waals surface area (Å²) in [7, 11) is 1.75. The van der Waals surface area contributed by atoms with Crippen LogP contribution in [-0.4, -0.2) is 4.57 Å². The molecule has 0 bridgehead atoms. The average molecular weight is 224 g/mol. The second-order valence-electron chi connectivity index (χ2n) is 3.84. The molecule has 1 heterocycles. The highest BCUT2D eigenvalue weighted by atomic mass is 16.1. The Morgan fingerprint density at radius 2 is 1.88 bits per heavy atom. The van der Waals surface area contributed by atoms with E-state index in [1.165, 1.54) is 6.07 Å². The van der Waals surface area contributed by atoms with Crippen LogP contribution in [0.1, 0.15) is 5.56 Å². The Morgan fingerprint density at radius 1 is 1.18 bits per heavy atom. The van der Waals surface area contributed by atoms with Gasteiger partial charge in [-0.1, -0.05) is 30.3 Å². The van der Waals surface area contributed by atoms with E-state index in [2.05, 4.69) is 6.07 Å². The first kappa shape index (κ1) is 11.2. The molecule has 3 nitrogen and oxygen atoms in total. The van der Waals surface area contributed by atoms with E-state index in [0.29, 0.717) is 6.42 Å². The molecule has 0 aliphatic carbocycles. The molecule has 0 saturated carbocycles. The highest BCUT2D eigenvalue weighted by Gasteiger charge is 2.02. The maximum Gasteiger partial charge on any atom is 0.250 e. The van der Waals surface area contributed by atoms with E-state index in [1.807, 2.05) is 30.3 Å². The number of benzene rings is 1. The minimum atomic E-state index is -0.0244. The van der Waals surface area contributed by atoms with Crippen molar-refractivity contribution in [2.24, 2.45) is 7.05 Å². The molecule has 1 aromatic heterocycles. The lowest BCUT2D eigenvalue weighted by atomic mass is 10.1. The molecule has 1 aromatic carbocycles. The fraction of sp³-hybridized carbons (Fsp3) is 0.143. The van der Waals surface area contributed by atoms with Crippen molar-refractivity contribution >= 4 is 0 Å². The van der Waals surface area contributed by atoms with Crippen LogP contribution in [0, 0.1) is 11.3 Å². The van der Waals surface area contributed by atoms with Crippen molar-refractivity contribution in [2.75, 3.05) is 0 Å². The molecule has 0 amide bonds. The van der Waals surface area contributed by atoms with Gasteiger partial charge in [-0.05, 0) is 17.2 Å². The minimum Gasteiger partial charge on any atom is -0.311 e. The number of hydrogen-bond donors (Lipinski definition) is 0. The molecule has 84 valence electrons. The van der Waals surface area contributed by atoms with Crippen LogP contribution in [0.15, 0.2) is 47.3 Å². The molecule has 0 aliphatic heterocycles. The van der Waals surface area contributed by atoms with Crippen LogP contribution in [0.2, 0.25) is 0 Å². The standard InChI is InChI=1S/C14H12N2O/c1-16-13(3-2-4-14(16)17)12-7-5-11(6-8-12)9-10-15/h2-8H,9H2,1H3. The van der Waals surface area contributed by atoms with Gasteiger partial charge in [0.2, 0.25) is 0 Å². The lowest BCUT2D eigenvalue weighted by Crippen LogP contribution is -2.16. The van der Waals surface area contributed by atoms with Crippen LogP contribution in [0.4, 0.5) is 0 Å². The third-order valence-corrected chi connectivity index (χ3v) is 2.72. The number of rotatable bonds is 2. The Hall–Kier alpha value is -2.34. The van der Waals surface area contributed by atoms with Gasteiger partial charge < -0.3 is 4.57 Å². The van der Waals surface area contributed by atoms with Gasteiger partial charge in [0.1, 0.15) is 0 Å². The number of nitrogens with zero attached hydrogens (tertiary/aromatic N) is 2. The summed E-state index contributed by atoms with van der Waals surface area (Å²) in [5.74, 6) is 0. The van der Waals surface area contributed by atoms with E-state index in [4.69, 9.17) is 5.26 Å². The monoisotopic (exact) mass is 224 g/mol. The zero-order valence-corrected chi connectivity index (χ0v) is 9.55. The molecular formula is C14H12N2O. The van der Waals surface area contributed by atoms with Crippen LogP contribution in [0.5, 0.6) is 0 Å². The van der Waals surface area contributed by atoms with Crippen LogP contribution < -0.4 is 5.56 Å². The maximum atomic E-state index is 11.5. The van der Waals surface area contributed by atoms with Gasteiger partial charge in [0.15, 0.2) is 0 Å². The first-order valence-electron chi connectivity index (χ1n) is 5.34. The van der Waals surface area contributed by atoms with E-state index in [0.717, 1.165) is 16.8 Å². The summed E-state index contributed by atoms with van der Waals surface area (Å²) in [6.07, 6.45) is 0.411. The van der Waals surface area contributed by atoms with Crippen LogP contribution >= 0.6 is 0 Å². The molecule has 3 heteroatoms. The van der Waals surface area contributed by atoms with E-state index in [-0.39, 0.29) is 5.56 Å². The molecule has 0 aliphatic rings. The molecule has 0 fully saturated rings. The zero-order valence-electron chi connectivity index (χ0n) is 9.55. The van der Waals surface area contributed by atoms with E-state index >= 15 is 0 Å². The zero-order chi connectivity index (χ0) is 12.3. The van der Waals surface area contributed by atoms with Crippen molar-refractivity contribution in [3.05, 3.63) is 58.4 Å². The summed E-state index contributed by atoms with van der Waals surface area (Å²) < 4.78 is 1.61. The van der Waals surface area contributed by atoms with Gasteiger partial charge in [0.25, 0.3) is 5.56 Å². The molecule has 2 aromatic rings. The van der Waals surface area contributed by atoms with Crippen molar-refractivity contribution in [3.8, 4) is 17.3 Å². The number of nitriles is 1. The first-order valence-corrected chi connectivity index (χ1v) is 5.34. The van der Waals surface area contributed by atoms with Crippen molar-refractivity contribution in [3.63, 3.8) is 0 Å². The molecular weight excluding hydrogens is 212 g/mol. The summed E-state index contributed by atoms with van der Waals surface area (Å²) in [6.45, 7) is 0. The Labute approximate surface area is 99.6 Å². The predicted octanol–water partition coefficient (Wildman–Crippen LogP) is 2.12. The predicted molar refractivity (Wildman–Crippen MR) is 66.4 cm³/mol. The molecule has 0 atom stereocenters. The second kappa shape index (κ2) is 4.67. The summed E-state index contributed by atoms with van der Waals surface area (Å²) in [4.78, 5) is 11.5. The topological polar surface area (TPSA) is 45.8 Å². The lowest BCUT2D eigenvalue weighted by Gasteiger charge is -2.07. The Kier molecular flexibility index (Phi) is 3.06. The molecule has 0 unspecified atom stereocenters. The maximum absolute atomic E-state index is 11.5. The fourth-order valence-electron chi connectivity index (χ4n) is 1.74. The van der Waals surface area contributed by atoms with Crippen LogP contribution in [-0.2, 0) is 13.5 Å². The van der Waals surface area contributed by atoms with Gasteiger partial charge in [-0.15, -0.1) is 0 Å². The van der Waals surface area contributed by atoms with Gasteiger partial charge in [0, 0.05) is 13.1 Å². The summed E-state index contributed by atoms with van der Waals surface area (Å²) in [5.41, 5.74) is 2.81. The third kappa shape index (κ3) is 2.26. The summed E-state index contributed by atoms with van der Waals surface area (Å²) >= 11 is 0. The quantitative estimate of drug-likeness (QED) is 0.784. The van der Waals surface area contributed by atoms with Gasteiger partial charge in [0.05, 0.1) is 18.2 Å². The first-order chi connectivity index (χ1) is 8.22. The normalized spacial score (nSPS) is 9.88. The number of pyridine rings is 1. The van der Waals surface area contributed by atoms with Crippen molar-refractivity contribution < 1.29 is 0 Å². The van der Waals surface area contributed by atoms with E-state index in [9.17, 15) is 4.79 Å². The van der Waals surface area contributed by atoms with Crippen molar-refractivity contribution in [2.45, 2.75) is 6.42 Å². The highest BCUT2D eigenvalue weighted by molar-refractivity contribution is 5.59. The van der Waals surface area contributed by atoms with Gasteiger partial charge in [-0.25, -0.2) is 0 Å². The van der Waals surface area contributed by atoms with Gasteiger partial charge in [-0.2, -0.15) is 5.26 Å². The molecule has 0 radical (unpaired) electrons. The van der Waals surface area contributed by atoms with Gasteiger partial charge >= 0.3 is 0 Å². The molecule has 0 saturated heterocycles. The summed E-state index contributed by atoms with van der Waals surface area (Å²) in [5, 5.41) is 8.59. The second-order valence-corrected chi connectivity index (χ2v) is 3.84. The molecule has 0 N–H and O–H groups in total. The minimum absolute atomic E-state index is 0.0244. The largest absolute Gasteiger partial charge is 0.311 e. The van der Waals surface area contributed by atoms with Gasteiger partial charge in [-0.3, -0.25) is 4.79 Å². The smallest absolute Gasteiger partial charge is 0.250 e. The SMILES string of the molecule is Cn1c(-c2ccc(CC#N)cc2)cccc1=O. The molecule has 17 heavy (non-hydrogen) atoms. The number of hydrogen-bond acceptors (Lipinski definition) is 2. The number of aromatic nitrogens is 1. The van der Waals surface area contributed by atoms with E-state index in [1.54, 1.807) is 17.7 Å². The third-order valence-electron chi connectivity index (χ3n) is 2.72. The lowest BCUT2D eigenvalue weighted by molar-refractivity contribution is 0.870. The van der Waals surface area contributed by atoms with Crippen molar-refractivity contribution in [1.82, 2.24) is 4.57 Å². The highest BCUT2D eigenvalue weighted by Crippen LogP contribution is 2.17. The fourth-order valence-corrected chi connectivity index (χ4v) is 1.74. The molecule has 2 rings (SSSR count). The van der Waals surface area contributed by atoms with E-state index < -0.39 is 0 Å². The summed E-state index contributed by atoms with van der Waals surface area (Å²) in [6, 6.07) is 15.0. The average Bonchev–Trinajstić information content (AvgIpc) is 2.34. The van der Waals surface area contributed by atoms with Crippen molar-refractivity contribution in [1.29, 1.82) is 5.26 Å². The molecule has 0 spiro atoms. The Morgan fingerprint density at radius 3 is 2.53 bits per heavy atom. The Balaban J connectivity index is 2.44. The van der Waals surface area contributed by atoms with Crippen LogP contribution in [0.25, 0.3) is 11.3 Å². The Bertz CT molecular complexity index is 618.